The zero-order chi connectivity index (χ0) is 13.3. The third-order valence-electron chi connectivity index (χ3n) is 2.68. The van der Waals surface area contributed by atoms with Crippen LogP contribution in [0.4, 0.5) is 0 Å². The summed E-state index contributed by atoms with van der Waals surface area (Å²) in [6, 6.07) is 5.12. The first kappa shape index (κ1) is 13.2. The molecule has 1 aromatic heterocycles. The Bertz CT molecular complexity index is 554. The molecule has 3 N–H and O–H groups in total. The third-order valence-corrected chi connectivity index (χ3v) is 3.17. The fourth-order valence-corrected chi connectivity index (χ4v) is 2.04. The molecule has 0 saturated carbocycles. The van der Waals surface area contributed by atoms with Crippen LogP contribution in [-0.2, 0) is 0 Å². The van der Waals surface area contributed by atoms with Gasteiger partial charge in [0, 0.05) is 10.0 Å². The lowest BCUT2D eigenvalue weighted by Crippen LogP contribution is -2.23. The van der Waals surface area contributed by atoms with Crippen molar-refractivity contribution in [3.8, 4) is 11.4 Å². The molecule has 0 amide bonds. The van der Waals surface area contributed by atoms with Crippen molar-refractivity contribution in [3.63, 3.8) is 0 Å². The average Bonchev–Trinajstić information content (AvgIpc) is 2.77. The highest BCUT2D eigenvalue weighted by Crippen LogP contribution is 2.25. The highest BCUT2D eigenvalue weighted by atomic mass is 79.9. The summed E-state index contributed by atoms with van der Waals surface area (Å²) in [5.74, 6) is 0.716. The number of nitrogens with zero attached hydrogens (tertiary/aromatic N) is 2. The molecule has 0 fully saturated rings. The predicted octanol–water partition coefficient (Wildman–Crippen LogP) is 2.19. The van der Waals surface area contributed by atoms with E-state index in [1.165, 1.54) is 0 Å². The number of rotatable bonds is 3. The third kappa shape index (κ3) is 2.60. The van der Waals surface area contributed by atoms with E-state index >= 15 is 0 Å². The van der Waals surface area contributed by atoms with Crippen LogP contribution in [0.25, 0.3) is 11.4 Å². The van der Waals surface area contributed by atoms with E-state index in [2.05, 4.69) is 26.1 Å². The van der Waals surface area contributed by atoms with Gasteiger partial charge in [0.15, 0.2) is 0 Å². The van der Waals surface area contributed by atoms with Gasteiger partial charge in [-0.15, -0.1) is 0 Å². The first-order chi connectivity index (χ1) is 8.49. The van der Waals surface area contributed by atoms with Gasteiger partial charge in [0.25, 0.3) is 0 Å². The minimum Gasteiger partial charge on any atom is -0.391 e. The molecule has 1 heterocycles. The number of aromatic nitrogens is 2. The quantitative estimate of drug-likeness (QED) is 0.907. The Balaban J connectivity index is 2.35. The van der Waals surface area contributed by atoms with Crippen LogP contribution in [0, 0.1) is 6.92 Å². The minimum absolute atomic E-state index is 0.238. The molecule has 6 heteroatoms. The van der Waals surface area contributed by atoms with Crippen molar-refractivity contribution < 1.29 is 9.63 Å². The first-order valence-corrected chi connectivity index (χ1v) is 6.32. The minimum atomic E-state index is -0.732. The molecular weight excluding hydrogens is 298 g/mol. The van der Waals surface area contributed by atoms with Crippen molar-refractivity contribution in [3.05, 3.63) is 34.1 Å². The van der Waals surface area contributed by atoms with Crippen molar-refractivity contribution >= 4 is 15.9 Å². The lowest BCUT2D eigenvalue weighted by atomic mass is 10.1. The molecule has 2 rings (SSSR count). The maximum atomic E-state index is 9.39. The number of hydrogen-bond donors (Lipinski definition) is 2. The fourth-order valence-electron chi connectivity index (χ4n) is 1.56. The number of halogens is 1. The zero-order valence-corrected chi connectivity index (χ0v) is 11.7. The van der Waals surface area contributed by atoms with Crippen LogP contribution in [0.2, 0.25) is 0 Å². The average molecular weight is 312 g/mol. The van der Waals surface area contributed by atoms with Crippen LogP contribution < -0.4 is 5.73 Å². The van der Waals surface area contributed by atoms with Gasteiger partial charge >= 0.3 is 0 Å². The molecule has 18 heavy (non-hydrogen) atoms. The Hall–Kier alpha value is -1.24. The molecule has 0 aliphatic carbocycles. The van der Waals surface area contributed by atoms with Gasteiger partial charge in [-0.1, -0.05) is 21.1 Å². The van der Waals surface area contributed by atoms with Crippen LogP contribution in [-0.4, -0.2) is 21.4 Å². The lowest BCUT2D eigenvalue weighted by molar-refractivity contribution is 0.146. The number of nitrogens with two attached hydrogens (primary N) is 1. The molecule has 1 aromatic carbocycles. The standard InChI is InChI=1S/C12H14BrN3O2/c1-6-5-8(13)3-4-9(6)11-15-12(18-16-11)10(14)7(2)17/h3-5,7,10,17H,14H2,1-2H3. The van der Waals surface area contributed by atoms with Crippen LogP contribution in [0.15, 0.2) is 27.2 Å². The molecule has 0 aliphatic heterocycles. The van der Waals surface area contributed by atoms with E-state index in [1.807, 2.05) is 25.1 Å². The van der Waals surface area contributed by atoms with Crippen molar-refractivity contribution in [1.82, 2.24) is 10.1 Å². The first-order valence-electron chi connectivity index (χ1n) is 5.53. The van der Waals surface area contributed by atoms with Crippen LogP contribution in [0.3, 0.4) is 0 Å². The van der Waals surface area contributed by atoms with E-state index in [0.29, 0.717) is 5.82 Å². The Labute approximate surface area is 113 Å². The molecule has 0 radical (unpaired) electrons. The molecule has 2 unspecified atom stereocenters. The number of aliphatic hydroxyl groups excluding tert-OH is 1. The smallest absolute Gasteiger partial charge is 0.246 e. The van der Waals surface area contributed by atoms with Gasteiger partial charge in [0.05, 0.1) is 6.10 Å². The number of aliphatic hydroxyl groups is 1. The van der Waals surface area contributed by atoms with Gasteiger partial charge in [0.2, 0.25) is 11.7 Å². The van der Waals surface area contributed by atoms with Gasteiger partial charge < -0.3 is 15.4 Å². The topological polar surface area (TPSA) is 85.2 Å². The van der Waals surface area contributed by atoms with E-state index in [4.69, 9.17) is 10.3 Å². The summed E-state index contributed by atoms with van der Waals surface area (Å²) in [6.45, 7) is 3.55. The number of benzene rings is 1. The molecule has 0 spiro atoms. The van der Waals surface area contributed by atoms with Gasteiger partial charge in [-0.05, 0) is 37.6 Å². The normalized spacial score (nSPS) is 14.5. The summed E-state index contributed by atoms with van der Waals surface area (Å²) in [7, 11) is 0. The Kier molecular flexibility index (Phi) is 3.79. The molecule has 2 aromatic rings. The maximum Gasteiger partial charge on any atom is 0.246 e. The monoisotopic (exact) mass is 311 g/mol. The molecule has 0 bridgehead atoms. The number of hydrogen-bond acceptors (Lipinski definition) is 5. The summed E-state index contributed by atoms with van der Waals surface area (Å²) in [4.78, 5) is 4.21. The fraction of sp³-hybridized carbons (Fsp3) is 0.333. The van der Waals surface area contributed by atoms with E-state index < -0.39 is 12.1 Å². The Morgan fingerprint density at radius 2 is 2.17 bits per heavy atom. The largest absolute Gasteiger partial charge is 0.391 e. The second kappa shape index (κ2) is 5.17. The summed E-state index contributed by atoms with van der Waals surface area (Å²) < 4.78 is 6.06. The summed E-state index contributed by atoms with van der Waals surface area (Å²) >= 11 is 3.40. The molecule has 2 atom stereocenters. The molecule has 5 nitrogen and oxygen atoms in total. The summed E-state index contributed by atoms with van der Waals surface area (Å²) in [5.41, 5.74) is 7.65. The van der Waals surface area contributed by atoms with Crippen LogP contribution >= 0.6 is 15.9 Å². The maximum absolute atomic E-state index is 9.39. The van der Waals surface area contributed by atoms with Gasteiger partial charge in [-0.3, -0.25) is 0 Å². The predicted molar refractivity (Wildman–Crippen MR) is 70.8 cm³/mol. The van der Waals surface area contributed by atoms with E-state index in [9.17, 15) is 5.11 Å². The molecule has 96 valence electrons. The van der Waals surface area contributed by atoms with Crippen LogP contribution in [0.1, 0.15) is 24.4 Å². The second-order valence-corrected chi connectivity index (χ2v) is 5.10. The zero-order valence-electron chi connectivity index (χ0n) is 10.1. The number of aryl methyl sites for hydroxylation is 1. The van der Waals surface area contributed by atoms with Gasteiger partial charge in [-0.25, -0.2) is 0 Å². The summed E-state index contributed by atoms with van der Waals surface area (Å²) in [5, 5.41) is 13.3. The summed E-state index contributed by atoms with van der Waals surface area (Å²) in [6.07, 6.45) is -0.732. The second-order valence-electron chi connectivity index (χ2n) is 4.18. The van der Waals surface area contributed by atoms with Crippen molar-refractivity contribution in [2.24, 2.45) is 5.73 Å². The van der Waals surface area contributed by atoms with Crippen molar-refractivity contribution in [2.45, 2.75) is 26.0 Å². The Morgan fingerprint density at radius 1 is 1.44 bits per heavy atom. The van der Waals surface area contributed by atoms with E-state index in [0.717, 1.165) is 15.6 Å². The molecule has 0 saturated heterocycles. The lowest BCUT2D eigenvalue weighted by Gasteiger charge is -2.08. The highest BCUT2D eigenvalue weighted by molar-refractivity contribution is 9.10. The van der Waals surface area contributed by atoms with Crippen molar-refractivity contribution in [2.75, 3.05) is 0 Å². The van der Waals surface area contributed by atoms with Gasteiger partial charge in [-0.2, -0.15) is 4.98 Å². The highest BCUT2D eigenvalue weighted by Gasteiger charge is 2.20. The molecule has 0 aliphatic rings. The van der Waals surface area contributed by atoms with Crippen molar-refractivity contribution in [1.29, 1.82) is 0 Å². The van der Waals surface area contributed by atoms with Gasteiger partial charge in [0.1, 0.15) is 6.04 Å². The molecular formula is C12H14BrN3O2. The van der Waals surface area contributed by atoms with E-state index in [-0.39, 0.29) is 5.89 Å². The van der Waals surface area contributed by atoms with Crippen LogP contribution in [0.5, 0.6) is 0 Å². The Morgan fingerprint density at radius 3 is 2.78 bits per heavy atom. The van der Waals surface area contributed by atoms with E-state index in [1.54, 1.807) is 6.92 Å². The SMILES string of the molecule is Cc1cc(Br)ccc1-c1noc(C(N)C(C)O)n1.